The molecular weight excluding hydrogens is 331 g/mol. The van der Waals surface area contributed by atoms with E-state index in [1.807, 2.05) is 12.1 Å². The molecule has 0 aromatic heterocycles. The normalized spacial score (nSPS) is 11.7. The molecule has 1 atom stereocenters. The lowest BCUT2D eigenvalue weighted by Crippen LogP contribution is -2.25. The van der Waals surface area contributed by atoms with E-state index in [-0.39, 0.29) is 11.4 Å². The number of hydrogen-bond acceptors (Lipinski definition) is 3. The summed E-state index contributed by atoms with van der Waals surface area (Å²) in [5.74, 6) is -0.749. The molecule has 17 heavy (non-hydrogen) atoms. The van der Waals surface area contributed by atoms with Crippen LogP contribution in [-0.4, -0.2) is 17.9 Å². The molecule has 0 spiro atoms. The SMILES string of the molecule is C=C(C)C(=O)OC(C)C(=O)c1ccccc1I. The van der Waals surface area contributed by atoms with Crippen molar-refractivity contribution in [3.8, 4) is 0 Å². The number of esters is 1. The van der Waals surface area contributed by atoms with Crippen LogP contribution in [0.15, 0.2) is 36.4 Å². The summed E-state index contributed by atoms with van der Waals surface area (Å²) in [6, 6.07) is 7.18. The molecule has 1 unspecified atom stereocenters. The van der Waals surface area contributed by atoms with Crippen molar-refractivity contribution in [2.75, 3.05) is 0 Å². The molecule has 0 bridgehead atoms. The number of rotatable bonds is 4. The van der Waals surface area contributed by atoms with Gasteiger partial charge in [-0.25, -0.2) is 4.79 Å². The zero-order valence-electron chi connectivity index (χ0n) is 9.70. The molecule has 0 heterocycles. The first-order chi connectivity index (χ1) is 7.93. The second kappa shape index (κ2) is 5.95. The Labute approximate surface area is 114 Å². The van der Waals surface area contributed by atoms with Crippen LogP contribution in [0.1, 0.15) is 24.2 Å². The van der Waals surface area contributed by atoms with E-state index in [1.165, 1.54) is 0 Å². The Morgan fingerprint density at radius 2 is 1.94 bits per heavy atom. The van der Waals surface area contributed by atoms with Gasteiger partial charge in [-0.1, -0.05) is 24.8 Å². The van der Waals surface area contributed by atoms with Gasteiger partial charge in [0, 0.05) is 14.7 Å². The lowest BCUT2D eigenvalue weighted by atomic mass is 10.1. The zero-order valence-corrected chi connectivity index (χ0v) is 11.9. The third kappa shape index (κ3) is 3.66. The number of halogens is 1. The smallest absolute Gasteiger partial charge is 0.333 e. The minimum absolute atomic E-state index is 0.204. The average Bonchev–Trinajstić information content (AvgIpc) is 2.28. The van der Waals surface area contributed by atoms with E-state index in [9.17, 15) is 9.59 Å². The molecule has 0 aliphatic heterocycles. The molecule has 3 nitrogen and oxygen atoms in total. The monoisotopic (exact) mass is 344 g/mol. The molecule has 0 aliphatic carbocycles. The lowest BCUT2D eigenvalue weighted by molar-refractivity contribution is -0.141. The van der Waals surface area contributed by atoms with Crippen molar-refractivity contribution < 1.29 is 14.3 Å². The summed E-state index contributed by atoms with van der Waals surface area (Å²) in [7, 11) is 0. The number of carbonyl (C=O) groups is 2. The quantitative estimate of drug-likeness (QED) is 0.365. The lowest BCUT2D eigenvalue weighted by Gasteiger charge is -2.12. The van der Waals surface area contributed by atoms with E-state index in [1.54, 1.807) is 26.0 Å². The fourth-order valence-electron chi connectivity index (χ4n) is 1.19. The first kappa shape index (κ1) is 13.9. The van der Waals surface area contributed by atoms with Gasteiger partial charge in [0.15, 0.2) is 6.10 Å². The van der Waals surface area contributed by atoms with Crippen LogP contribution in [0.3, 0.4) is 0 Å². The Balaban J connectivity index is 2.81. The van der Waals surface area contributed by atoms with Crippen molar-refractivity contribution >= 4 is 34.3 Å². The van der Waals surface area contributed by atoms with Crippen LogP contribution in [0.2, 0.25) is 0 Å². The first-order valence-corrected chi connectivity index (χ1v) is 6.16. The summed E-state index contributed by atoms with van der Waals surface area (Å²) >= 11 is 2.08. The third-order valence-electron chi connectivity index (χ3n) is 2.14. The predicted octanol–water partition coefficient (Wildman–Crippen LogP) is 2.98. The molecule has 0 saturated carbocycles. The van der Waals surface area contributed by atoms with Gasteiger partial charge < -0.3 is 4.74 Å². The minimum Gasteiger partial charge on any atom is -0.451 e. The van der Waals surface area contributed by atoms with Gasteiger partial charge in [-0.05, 0) is 42.5 Å². The standard InChI is InChI=1S/C13H13IO3/c1-8(2)13(16)17-9(3)12(15)10-6-4-5-7-11(10)14/h4-7,9H,1H2,2-3H3. The summed E-state index contributed by atoms with van der Waals surface area (Å²) in [5.41, 5.74) is 0.850. The van der Waals surface area contributed by atoms with Gasteiger partial charge >= 0.3 is 5.97 Å². The largest absolute Gasteiger partial charge is 0.451 e. The number of Topliss-reactive ketones (excluding diaryl/α,β-unsaturated/α-hetero) is 1. The Kier molecular flexibility index (Phi) is 4.86. The first-order valence-electron chi connectivity index (χ1n) is 5.08. The molecule has 1 aromatic rings. The van der Waals surface area contributed by atoms with Crippen LogP contribution in [0.25, 0.3) is 0 Å². The number of carbonyl (C=O) groups excluding carboxylic acids is 2. The van der Waals surface area contributed by atoms with Gasteiger partial charge in [0.1, 0.15) is 0 Å². The van der Waals surface area contributed by atoms with Crippen LogP contribution in [-0.2, 0) is 9.53 Å². The fourth-order valence-corrected chi connectivity index (χ4v) is 1.85. The van der Waals surface area contributed by atoms with Gasteiger partial charge in [-0.15, -0.1) is 0 Å². The van der Waals surface area contributed by atoms with E-state index >= 15 is 0 Å². The van der Waals surface area contributed by atoms with Crippen molar-refractivity contribution in [2.45, 2.75) is 20.0 Å². The Morgan fingerprint density at radius 1 is 1.35 bits per heavy atom. The third-order valence-corrected chi connectivity index (χ3v) is 3.08. The molecule has 0 aliphatic rings. The Morgan fingerprint density at radius 3 is 2.47 bits per heavy atom. The predicted molar refractivity (Wildman–Crippen MR) is 73.9 cm³/mol. The van der Waals surface area contributed by atoms with Crippen molar-refractivity contribution in [3.63, 3.8) is 0 Å². The van der Waals surface area contributed by atoms with Gasteiger partial charge in [-0.2, -0.15) is 0 Å². The highest BCUT2D eigenvalue weighted by Crippen LogP contribution is 2.15. The molecule has 90 valence electrons. The van der Waals surface area contributed by atoms with E-state index in [2.05, 4.69) is 29.2 Å². The second-order valence-electron chi connectivity index (χ2n) is 3.67. The number of hydrogen-bond donors (Lipinski definition) is 0. The van der Waals surface area contributed by atoms with Crippen LogP contribution in [0.4, 0.5) is 0 Å². The van der Waals surface area contributed by atoms with E-state index in [4.69, 9.17) is 4.74 Å². The molecule has 0 amide bonds. The fraction of sp³-hybridized carbons (Fsp3) is 0.231. The molecule has 1 rings (SSSR count). The van der Waals surface area contributed by atoms with E-state index in [0.717, 1.165) is 3.57 Å². The van der Waals surface area contributed by atoms with Crippen molar-refractivity contribution in [1.82, 2.24) is 0 Å². The van der Waals surface area contributed by atoms with Crippen LogP contribution in [0, 0.1) is 3.57 Å². The number of benzene rings is 1. The minimum atomic E-state index is -0.796. The van der Waals surface area contributed by atoms with Gasteiger partial charge in [0.2, 0.25) is 5.78 Å². The van der Waals surface area contributed by atoms with Gasteiger partial charge in [0.25, 0.3) is 0 Å². The van der Waals surface area contributed by atoms with Gasteiger partial charge in [-0.3, -0.25) is 4.79 Å². The maximum Gasteiger partial charge on any atom is 0.333 e. The molecule has 0 fully saturated rings. The molecule has 1 aromatic carbocycles. The molecule has 0 saturated heterocycles. The number of ketones is 1. The van der Waals surface area contributed by atoms with Crippen molar-refractivity contribution in [2.24, 2.45) is 0 Å². The summed E-state index contributed by atoms with van der Waals surface area (Å²) < 4.78 is 5.83. The Bertz CT molecular complexity index is 465. The van der Waals surface area contributed by atoms with Crippen LogP contribution < -0.4 is 0 Å². The molecular formula is C13H13IO3. The molecule has 0 radical (unpaired) electrons. The zero-order chi connectivity index (χ0) is 13.0. The Hall–Kier alpha value is -1.17. The average molecular weight is 344 g/mol. The van der Waals surface area contributed by atoms with E-state index in [0.29, 0.717) is 5.56 Å². The maximum atomic E-state index is 12.0. The van der Waals surface area contributed by atoms with Crippen molar-refractivity contribution in [3.05, 3.63) is 45.6 Å². The summed E-state index contributed by atoms with van der Waals surface area (Å²) in [6.45, 7) is 6.58. The topological polar surface area (TPSA) is 43.4 Å². The number of ether oxygens (including phenoxy) is 1. The van der Waals surface area contributed by atoms with Gasteiger partial charge in [0.05, 0.1) is 0 Å². The summed E-state index contributed by atoms with van der Waals surface area (Å²) in [4.78, 5) is 23.3. The van der Waals surface area contributed by atoms with Crippen LogP contribution in [0.5, 0.6) is 0 Å². The van der Waals surface area contributed by atoms with E-state index < -0.39 is 12.1 Å². The highest BCUT2D eigenvalue weighted by molar-refractivity contribution is 14.1. The summed E-state index contributed by atoms with van der Waals surface area (Å²) in [5, 5.41) is 0. The molecule has 4 heteroatoms. The highest BCUT2D eigenvalue weighted by atomic mass is 127. The highest BCUT2D eigenvalue weighted by Gasteiger charge is 2.21. The van der Waals surface area contributed by atoms with Crippen LogP contribution >= 0.6 is 22.6 Å². The maximum absolute atomic E-state index is 12.0. The summed E-state index contributed by atoms with van der Waals surface area (Å²) in [6.07, 6.45) is -0.796. The second-order valence-corrected chi connectivity index (χ2v) is 4.83. The van der Waals surface area contributed by atoms with Crippen molar-refractivity contribution in [1.29, 1.82) is 0 Å². The molecule has 0 N–H and O–H groups in total.